The maximum Gasteiger partial charge on any atom is 0.0406 e. The van der Waals surface area contributed by atoms with Crippen LogP contribution in [0.15, 0.2) is 54.6 Å². The molecule has 0 N–H and O–H groups in total. The second kappa shape index (κ2) is 4.71. The molecule has 82 valence electrons. The zero-order chi connectivity index (χ0) is 11.6. The Bertz CT molecular complexity index is 519. The van der Waals surface area contributed by atoms with Crippen molar-refractivity contribution in [2.45, 2.75) is 0 Å². The van der Waals surface area contributed by atoms with Gasteiger partial charge in [-0.1, -0.05) is 65.9 Å². The van der Waals surface area contributed by atoms with Gasteiger partial charge in [-0.3, -0.25) is 0 Å². The largest absolute Gasteiger partial charge is 0.0879 e. The third kappa shape index (κ3) is 2.38. The topological polar surface area (TPSA) is 0 Å². The van der Waals surface area contributed by atoms with Crippen LogP contribution < -0.4 is 10.6 Å². The maximum atomic E-state index is 5.89. The Labute approximate surface area is 106 Å². The molecule has 2 rings (SSSR count). The Kier molecular flexibility index (Phi) is 3.49. The van der Waals surface area contributed by atoms with Gasteiger partial charge >= 0.3 is 0 Å². The van der Waals surface area contributed by atoms with Crippen molar-refractivity contribution in [2.24, 2.45) is 0 Å². The molecule has 3 heteroatoms. The Balaban J connectivity index is 2.47. The van der Waals surface area contributed by atoms with E-state index in [-0.39, 0.29) is 0 Å². The summed E-state index contributed by atoms with van der Waals surface area (Å²) in [7, 11) is 0. The van der Waals surface area contributed by atoms with E-state index in [1.165, 1.54) is 10.6 Å². The highest BCUT2D eigenvalue weighted by Crippen LogP contribution is 2.39. The summed E-state index contributed by atoms with van der Waals surface area (Å²) in [5.74, 6) is 0. The summed E-state index contributed by atoms with van der Waals surface area (Å²) in [6.45, 7) is 2.15. The molecule has 0 aliphatic heterocycles. The van der Waals surface area contributed by atoms with Gasteiger partial charge in [0, 0.05) is 11.1 Å². The first kappa shape index (κ1) is 11.9. The minimum atomic E-state index is -1.64. The Hall–Kier alpha value is -0.620. The third-order valence-electron chi connectivity index (χ3n) is 2.57. The molecule has 0 aliphatic carbocycles. The molecule has 2 aromatic carbocycles. The smallest absolute Gasteiger partial charge is 0.0406 e. The van der Waals surface area contributed by atoms with Crippen LogP contribution in [-0.4, -0.2) is 6.66 Å². The van der Waals surface area contributed by atoms with Gasteiger partial charge in [0.05, 0.1) is 0 Å². The summed E-state index contributed by atoms with van der Waals surface area (Å²) in [5, 5.41) is 3.21. The van der Waals surface area contributed by atoms with Crippen molar-refractivity contribution in [1.29, 1.82) is 0 Å². The normalized spacial score (nSPS) is 14.4. The molecule has 0 spiro atoms. The molecule has 0 saturated heterocycles. The van der Waals surface area contributed by atoms with Crippen LogP contribution in [0.25, 0.3) is 0 Å². The van der Waals surface area contributed by atoms with E-state index in [1.807, 2.05) is 42.5 Å². The maximum absolute atomic E-state index is 5.89. The van der Waals surface area contributed by atoms with Gasteiger partial charge in [-0.2, -0.15) is 0 Å². The van der Waals surface area contributed by atoms with E-state index < -0.39 is 6.04 Å². The summed E-state index contributed by atoms with van der Waals surface area (Å²) >= 11 is 11.7. The van der Waals surface area contributed by atoms with Gasteiger partial charge in [0.2, 0.25) is 0 Å². The van der Waals surface area contributed by atoms with E-state index in [0.29, 0.717) is 0 Å². The standard InChI is InChI=1S/C13H12ClPS/c1-15(16,12-5-3-2-4-6-12)13-9-7-11(14)8-10-13/h2-10H,1H3. The zero-order valence-corrected chi connectivity index (χ0v) is 11.4. The van der Waals surface area contributed by atoms with Gasteiger partial charge in [0.15, 0.2) is 0 Å². The Morgan fingerprint density at radius 1 is 0.875 bits per heavy atom. The second-order valence-corrected chi connectivity index (χ2v) is 9.24. The molecule has 0 aliphatic rings. The van der Waals surface area contributed by atoms with Gasteiger partial charge in [-0.05, 0) is 29.4 Å². The first-order chi connectivity index (χ1) is 7.60. The van der Waals surface area contributed by atoms with E-state index >= 15 is 0 Å². The van der Waals surface area contributed by atoms with E-state index in [2.05, 4.69) is 18.8 Å². The van der Waals surface area contributed by atoms with Crippen molar-refractivity contribution in [2.75, 3.05) is 6.66 Å². The van der Waals surface area contributed by atoms with Crippen LogP contribution in [0.3, 0.4) is 0 Å². The lowest BCUT2D eigenvalue weighted by Crippen LogP contribution is -2.14. The summed E-state index contributed by atoms with van der Waals surface area (Å²) in [4.78, 5) is 0. The quantitative estimate of drug-likeness (QED) is 0.751. The van der Waals surface area contributed by atoms with Crippen molar-refractivity contribution in [3.63, 3.8) is 0 Å². The average Bonchev–Trinajstić information content (AvgIpc) is 2.31. The number of halogens is 1. The van der Waals surface area contributed by atoms with Crippen molar-refractivity contribution in [3.05, 3.63) is 59.6 Å². The second-order valence-electron chi connectivity index (χ2n) is 3.74. The molecule has 0 fully saturated rings. The first-order valence-electron chi connectivity index (χ1n) is 5.00. The van der Waals surface area contributed by atoms with Crippen molar-refractivity contribution >= 4 is 40.1 Å². The van der Waals surface area contributed by atoms with E-state index in [1.54, 1.807) is 0 Å². The van der Waals surface area contributed by atoms with Gasteiger partial charge in [-0.15, -0.1) is 0 Å². The van der Waals surface area contributed by atoms with Crippen LogP contribution in [0.5, 0.6) is 0 Å². The minimum absolute atomic E-state index is 0.756. The van der Waals surface area contributed by atoms with Crippen LogP contribution in [0.4, 0.5) is 0 Å². The highest BCUT2D eigenvalue weighted by atomic mass is 35.5. The lowest BCUT2D eigenvalue weighted by molar-refractivity contribution is 1.75. The zero-order valence-electron chi connectivity index (χ0n) is 8.93. The molecule has 0 amide bonds. The Morgan fingerprint density at radius 3 is 1.94 bits per heavy atom. The van der Waals surface area contributed by atoms with E-state index in [0.717, 1.165) is 5.02 Å². The number of hydrogen-bond donors (Lipinski definition) is 0. The van der Waals surface area contributed by atoms with Gasteiger partial charge in [0.1, 0.15) is 0 Å². The predicted octanol–water partition coefficient (Wildman–Crippen LogP) is 3.40. The fourth-order valence-electron chi connectivity index (χ4n) is 1.59. The summed E-state index contributed by atoms with van der Waals surface area (Å²) in [6, 6.07) is 16.6. The van der Waals surface area contributed by atoms with Gasteiger partial charge in [-0.25, -0.2) is 0 Å². The van der Waals surface area contributed by atoms with Gasteiger partial charge < -0.3 is 0 Å². The fraction of sp³-hybridized carbons (Fsp3) is 0.0769. The van der Waals surface area contributed by atoms with Gasteiger partial charge in [0.25, 0.3) is 0 Å². The molecule has 0 radical (unpaired) electrons. The minimum Gasteiger partial charge on any atom is -0.0879 e. The monoisotopic (exact) mass is 266 g/mol. The lowest BCUT2D eigenvalue weighted by atomic mass is 10.4. The first-order valence-corrected chi connectivity index (χ1v) is 8.63. The third-order valence-corrected chi connectivity index (χ3v) is 6.65. The summed E-state index contributed by atoms with van der Waals surface area (Å²) in [6.07, 6.45) is 0. The molecule has 0 heterocycles. The van der Waals surface area contributed by atoms with E-state index in [4.69, 9.17) is 23.4 Å². The highest BCUT2D eigenvalue weighted by molar-refractivity contribution is 8.21. The molecule has 2 aromatic rings. The molecular formula is C13H12ClPS. The van der Waals surface area contributed by atoms with Crippen LogP contribution in [0.2, 0.25) is 5.02 Å². The molecular weight excluding hydrogens is 255 g/mol. The van der Waals surface area contributed by atoms with Crippen LogP contribution >= 0.6 is 17.6 Å². The fourth-order valence-corrected chi connectivity index (χ4v) is 4.20. The number of rotatable bonds is 2. The van der Waals surface area contributed by atoms with Crippen molar-refractivity contribution in [3.8, 4) is 0 Å². The highest BCUT2D eigenvalue weighted by Gasteiger charge is 2.15. The molecule has 1 atom stereocenters. The number of hydrogen-bond acceptors (Lipinski definition) is 1. The molecule has 16 heavy (non-hydrogen) atoms. The summed E-state index contributed by atoms with van der Waals surface area (Å²) < 4.78 is 0. The van der Waals surface area contributed by atoms with Crippen LogP contribution in [0, 0.1) is 0 Å². The van der Waals surface area contributed by atoms with Crippen LogP contribution in [0.1, 0.15) is 0 Å². The summed E-state index contributed by atoms with van der Waals surface area (Å²) in [5.41, 5.74) is 0. The average molecular weight is 267 g/mol. The molecule has 0 nitrogen and oxygen atoms in total. The number of benzene rings is 2. The predicted molar refractivity (Wildman–Crippen MR) is 77.4 cm³/mol. The lowest BCUT2D eigenvalue weighted by Gasteiger charge is -2.17. The van der Waals surface area contributed by atoms with E-state index in [9.17, 15) is 0 Å². The molecule has 0 saturated carbocycles. The Morgan fingerprint density at radius 2 is 1.38 bits per heavy atom. The van der Waals surface area contributed by atoms with Crippen molar-refractivity contribution < 1.29 is 0 Å². The molecule has 0 bridgehead atoms. The van der Waals surface area contributed by atoms with Crippen molar-refractivity contribution in [1.82, 2.24) is 0 Å². The molecule has 0 aromatic heterocycles. The van der Waals surface area contributed by atoms with Crippen LogP contribution in [-0.2, 0) is 11.8 Å². The molecule has 1 unspecified atom stereocenters. The SMILES string of the molecule is CP(=S)(c1ccccc1)c1ccc(Cl)cc1.